The van der Waals surface area contributed by atoms with Gasteiger partial charge in [0.05, 0.1) is 10.7 Å². The lowest BCUT2D eigenvalue weighted by Gasteiger charge is -2.03. The van der Waals surface area contributed by atoms with E-state index in [9.17, 15) is 0 Å². The molecule has 0 bridgehead atoms. The highest BCUT2D eigenvalue weighted by Gasteiger charge is 2.19. The second-order valence-electron chi connectivity index (χ2n) is 4.25. The molecule has 1 saturated carbocycles. The van der Waals surface area contributed by atoms with Crippen LogP contribution in [0.5, 0.6) is 0 Å². The average molecular weight is 195 g/mol. The minimum Gasteiger partial charge on any atom is -0.246 e. The fraction of sp³-hybridized carbons (Fsp3) is 0.727. The lowest BCUT2D eigenvalue weighted by atomic mass is 10.1. The Morgan fingerprint density at radius 1 is 1.38 bits per heavy atom. The maximum atomic E-state index is 4.71. The fourth-order valence-electron chi connectivity index (χ4n) is 1.97. The van der Waals surface area contributed by atoms with Crippen molar-refractivity contribution in [2.45, 2.75) is 51.4 Å². The SMILES string of the molecule is CC(C)c1nc(C2CCCC2)cs1. The zero-order valence-corrected chi connectivity index (χ0v) is 9.23. The van der Waals surface area contributed by atoms with E-state index in [0.29, 0.717) is 5.92 Å². The third-order valence-electron chi connectivity index (χ3n) is 2.81. The molecular weight excluding hydrogens is 178 g/mol. The molecule has 2 heteroatoms. The van der Waals surface area contributed by atoms with Crippen LogP contribution in [0.2, 0.25) is 0 Å². The highest BCUT2D eigenvalue weighted by atomic mass is 32.1. The molecule has 0 aromatic carbocycles. The number of hydrogen-bond donors (Lipinski definition) is 0. The molecular formula is C11H17NS. The summed E-state index contributed by atoms with van der Waals surface area (Å²) in [5, 5.41) is 3.58. The van der Waals surface area contributed by atoms with Crippen LogP contribution in [-0.2, 0) is 0 Å². The van der Waals surface area contributed by atoms with Crippen molar-refractivity contribution in [2.75, 3.05) is 0 Å². The Hall–Kier alpha value is -0.370. The zero-order chi connectivity index (χ0) is 9.26. The van der Waals surface area contributed by atoms with Gasteiger partial charge in [-0.05, 0) is 12.8 Å². The molecule has 0 aliphatic heterocycles. The lowest BCUT2D eigenvalue weighted by Crippen LogP contribution is -1.93. The van der Waals surface area contributed by atoms with Gasteiger partial charge in [0.2, 0.25) is 0 Å². The molecule has 0 N–H and O–H groups in total. The van der Waals surface area contributed by atoms with Crippen LogP contribution >= 0.6 is 11.3 Å². The molecule has 1 aromatic rings. The zero-order valence-electron chi connectivity index (χ0n) is 8.42. The van der Waals surface area contributed by atoms with Crippen LogP contribution in [-0.4, -0.2) is 4.98 Å². The Balaban J connectivity index is 2.12. The van der Waals surface area contributed by atoms with Crippen LogP contribution in [0.15, 0.2) is 5.38 Å². The molecule has 1 aromatic heterocycles. The first-order chi connectivity index (χ1) is 6.27. The molecule has 0 saturated heterocycles. The number of rotatable bonds is 2. The number of hydrogen-bond acceptors (Lipinski definition) is 2. The Morgan fingerprint density at radius 3 is 2.62 bits per heavy atom. The topological polar surface area (TPSA) is 12.9 Å². The van der Waals surface area contributed by atoms with E-state index in [1.807, 2.05) is 11.3 Å². The lowest BCUT2D eigenvalue weighted by molar-refractivity contribution is 0.694. The van der Waals surface area contributed by atoms with Crippen LogP contribution in [0.3, 0.4) is 0 Å². The monoisotopic (exact) mass is 195 g/mol. The molecule has 1 heterocycles. The molecule has 0 atom stereocenters. The maximum absolute atomic E-state index is 4.71. The van der Waals surface area contributed by atoms with E-state index in [1.54, 1.807) is 0 Å². The summed E-state index contributed by atoms with van der Waals surface area (Å²) in [6.07, 6.45) is 5.53. The minimum atomic E-state index is 0.597. The van der Waals surface area contributed by atoms with Gasteiger partial charge in [0.25, 0.3) is 0 Å². The van der Waals surface area contributed by atoms with Gasteiger partial charge in [0.1, 0.15) is 0 Å². The van der Waals surface area contributed by atoms with Gasteiger partial charge < -0.3 is 0 Å². The largest absolute Gasteiger partial charge is 0.246 e. The highest BCUT2D eigenvalue weighted by molar-refractivity contribution is 7.09. The quantitative estimate of drug-likeness (QED) is 0.697. The van der Waals surface area contributed by atoms with Crippen LogP contribution in [0.1, 0.15) is 62.1 Å². The van der Waals surface area contributed by atoms with E-state index >= 15 is 0 Å². The number of thiazole rings is 1. The molecule has 1 fully saturated rings. The third-order valence-corrected chi connectivity index (χ3v) is 3.97. The van der Waals surface area contributed by atoms with Crippen molar-refractivity contribution in [1.82, 2.24) is 4.98 Å². The van der Waals surface area contributed by atoms with E-state index in [1.165, 1.54) is 36.4 Å². The highest BCUT2D eigenvalue weighted by Crippen LogP contribution is 2.35. The molecule has 0 unspecified atom stereocenters. The summed E-state index contributed by atoms with van der Waals surface area (Å²) in [6.45, 7) is 4.44. The predicted molar refractivity (Wildman–Crippen MR) is 57.4 cm³/mol. The van der Waals surface area contributed by atoms with Gasteiger partial charge in [-0.2, -0.15) is 0 Å². The van der Waals surface area contributed by atoms with Crippen LogP contribution in [0.25, 0.3) is 0 Å². The second-order valence-corrected chi connectivity index (χ2v) is 5.14. The Bertz CT molecular complexity index is 271. The molecule has 1 aliphatic rings. The fourth-order valence-corrected chi connectivity index (χ4v) is 2.89. The van der Waals surface area contributed by atoms with Gasteiger partial charge in [-0.25, -0.2) is 4.98 Å². The van der Waals surface area contributed by atoms with Gasteiger partial charge in [-0.15, -0.1) is 11.3 Å². The Labute approximate surface area is 84.2 Å². The van der Waals surface area contributed by atoms with Crippen LogP contribution < -0.4 is 0 Å². The van der Waals surface area contributed by atoms with Crippen molar-refractivity contribution in [1.29, 1.82) is 0 Å². The van der Waals surface area contributed by atoms with Crippen molar-refractivity contribution < 1.29 is 0 Å². The minimum absolute atomic E-state index is 0.597. The van der Waals surface area contributed by atoms with E-state index in [-0.39, 0.29) is 0 Å². The van der Waals surface area contributed by atoms with Crippen LogP contribution in [0.4, 0.5) is 0 Å². The maximum Gasteiger partial charge on any atom is 0.0953 e. The van der Waals surface area contributed by atoms with Crippen molar-refractivity contribution in [3.63, 3.8) is 0 Å². The summed E-state index contributed by atoms with van der Waals surface area (Å²) < 4.78 is 0. The standard InChI is InChI=1S/C11H17NS/c1-8(2)11-12-10(7-13-11)9-5-3-4-6-9/h7-9H,3-6H2,1-2H3. The summed E-state index contributed by atoms with van der Waals surface area (Å²) in [7, 11) is 0. The summed E-state index contributed by atoms with van der Waals surface area (Å²) in [6, 6.07) is 0. The van der Waals surface area contributed by atoms with Crippen molar-refractivity contribution in [2.24, 2.45) is 0 Å². The Kier molecular flexibility index (Phi) is 2.68. The first-order valence-electron chi connectivity index (χ1n) is 5.22. The second kappa shape index (κ2) is 3.79. The third kappa shape index (κ3) is 1.93. The van der Waals surface area contributed by atoms with E-state index in [4.69, 9.17) is 4.98 Å². The smallest absolute Gasteiger partial charge is 0.0953 e. The molecule has 1 nitrogen and oxygen atoms in total. The van der Waals surface area contributed by atoms with Gasteiger partial charge in [0.15, 0.2) is 0 Å². The molecule has 72 valence electrons. The van der Waals surface area contributed by atoms with Crippen molar-refractivity contribution >= 4 is 11.3 Å². The van der Waals surface area contributed by atoms with E-state index in [2.05, 4.69) is 19.2 Å². The molecule has 0 spiro atoms. The average Bonchev–Trinajstić information content (AvgIpc) is 2.75. The molecule has 2 rings (SSSR count). The van der Waals surface area contributed by atoms with Gasteiger partial charge >= 0.3 is 0 Å². The van der Waals surface area contributed by atoms with E-state index in [0.717, 1.165) is 5.92 Å². The van der Waals surface area contributed by atoms with E-state index < -0.39 is 0 Å². The normalized spacial score (nSPS) is 18.7. The first-order valence-corrected chi connectivity index (χ1v) is 6.10. The number of nitrogens with zero attached hydrogens (tertiary/aromatic N) is 1. The molecule has 1 aliphatic carbocycles. The Morgan fingerprint density at radius 2 is 2.08 bits per heavy atom. The van der Waals surface area contributed by atoms with Crippen molar-refractivity contribution in [3.05, 3.63) is 16.1 Å². The molecule has 0 radical (unpaired) electrons. The van der Waals surface area contributed by atoms with Crippen LogP contribution in [0, 0.1) is 0 Å². The van der Waals surface area contributed by atoms with Crippen molar-refractivity contribution in [3.8, 4) is 0 Å². The predicted octanol–water partition coefficient (Wildman–Crippen LogP) is 3.92. The summed E-state index contributed by atoms with van der Waals surface area (Å²) in [5.74, 6) is 1.38. The summed E-state index contributed by atoms with van der Waals surface area (Å²) >= 11 is 1.83. The van der Waals surface area contributed by atoms with Gasteiger partial charge in [-0.1, -0.05) is 26.7 Å². The van der Waals surface area contributed by atoms with Gasteiger partial charge in [0, 0.05) is 17.2 Å². The number of aromatic nitrogens is 1. The summed E-state index contributed by atoms with van der Waals surface area (Å²) in [5.41, 5.74) is 1.37. The van der Waals surface area contributed by atoms with Gasteiger partial charge in [-0.3, -0.25) is 0 Å². The molecule has 13 heavy (non-hydrogen) atoms. The summed E-state index contributed by atoms with van der Waals surface area (Å²) in [4.78, 5) is 4.71. The first kappa shape index (κ1) is 9.20. The molecule has 0 amide bonds.